The van der Waals surface area contributed by atoms with Crippen molar-refractivity contribution in [1.29, 1.82) is 0 Å². The molecule has 10 heteroatoms. The SMILES string of the molecule is CC1Oc2c(cccc2N2CCN(CCCc3c[nH]c4ccc(F)cc34)CC2)NC1=O.O=C(O)c1ccccc1O. The third kappa shape index (κ3) is 6.44. The summed E-state index contributed by atoms with van der Waals surface area (Å²) in [5.74, 6) is -0.833. The number of carbonyl (C=O) groups is 2. The Hall–Kier alpha value is -4.57. The first-order chi connectivity index (χ1) is 19.8. The number of fused-ring (bicyclic) bond motifs is 2. The van der Waals surface area contributed by atoms with E-state index in [0.717, 1.165) is 73.6 Å². The molecule has 6 rings (SSSR count). The predicted octanol–water partition coefficient (Wildman–Crippen LogP) is 4.87. The molecule has 9 nitrogen and oxygen atoms in total. The first kappa shape index (κ1) is 28.0. The molecule has 41 heavy (non-hydrogen) atoms. The summed E-state index contributed by atoms with van der Waals surface area (Å²) in [4.78, 5) is 30.2. The second-order valence-corrected chi connectivity index (χ2v) is 10.2. The van der Waals surface area contributed by atoms with Crippen molar-refractivity contribution >= 4 is 34.2 Å². The van der Waals surface area contributed by atoms with Crippen LogP contribution in [-0.2, 0) is 11.2 Å². The normalized spacial score (nSPS) is 16.8. The molecule has 1 atom stereocenters. The van der Waals surface area contributed by atoms with Crippen LogP contribution in [-0.4, -0.2) is 70.8 Å². The van der Waals surface area contributed by atoms with Crippen LogP contribution in [0.1, 0.15) is 29.3 Å². The smallest absolute Gasteiger partial charge is 0.339 e. The van der Waals surface area contributed by atoms with E-state index in [0.29, 0.717) is 0 Å². The Morgan fingerprint density at radius 1 is 1.07 bits per heavy atom. The van der Waals surface area contributed by atoms with Crippen molar-refractivity contribution in [3.63, 3.8) is 0 Å². The van der Waals surface area contributed by atoms with Gasteiger partial charge >= 0.3 is 5.97 Å². The minimum Gasteiger partial charge on any atom is -0.507 e. The lowest BCUT2D eigenvalue weighted by Crippen LogP contribution is -2.47. The number of nitrogens with zero attached hydrogens (tertiary/aromatic N) is 2. The second kappa shape index (κ2) is 12.3. The highest BCUT2D eigenvalue weighted by Crippen LogP contribution is 2.39. The number of hydrogen-bond donors (Lipinski definition) is 4. The van der Waals surface area contributed by atoms with Crippen molar-refractivity contribution in [1.82, 2.24) is 9.88 Å². The highest BCUT2D eigenvalue weighted by Gasteiger charge is 2.28. The molecule has 0 saturated carbocycles. The lowest BCUT2D eigenvalue weighted by atomic mass is 10.1. The number of benzene rings is 3. The largest absolute Gasteiger partial charge is 0.507 e. The van der Waals surface area contributed by atoms with E-state index < -0.39 is 12.1 Å². The van der Waals surface area contributed by atoms with E-state index in [-0.39, 0.29) is 23.0 Å². The second-order valence-electron chi connectivity index (χ2n) is 10.2. The van der Waals surface area contributed by atoms with Crippen LogP contribution in [0.5, 0.6) is 11.5 Å². The van der Waals surface area contributed by atoms with E-state index in [4.69, 9.17) is 14.9 Å². The Morgan fingerprint density at radius 2 is 1.85 bits per heavy atom. The molecule has 0 spiro atoms. The maximum absolute atomic E-state index is 13.6. The van der Waals surface area contributed by atoms with Crippen LogP contribution in [0.25, 0.3) is 10.9 Å². The topological polar surface area (TPSA) is 118 Å². The Labute approximate surface area is 237 Å². The van der Waals surface area contributed by atoms with Gasteiger partial charge in [-0.05, 0) is 74.3 Å². The molecule has 1 amide bonds. The van der Waals surface area contributed by atoms with Crippen LogP contribution >= 0.6 is 0 Å². The first-order valence-corrected chi connectivity index (χ1v) is 13.6. The highest BCUT2D eigenvalue weighted by atomic mass is 19.1. The zero-order valence-corrected chi connectivity index (χ0v) is 22.8. The number of rotatable bonds is 6. The predicted molar refractivity (Wildman–Crippen MR) is 155 cm³/mol. The minimum atomic E-state index is -1.11. The van der Waals surface area contributed by atoms with Gasteiger partial charge in [0.05, 0.1) is 11.4 Å². The summed E-state index contributed by atoms with van der Waals surface area (Å²) in [6.07, 6.45) is 3.49. The number of aromatic amines is 1. The van der Waals surface area contributed by atoms with Crippen molar-refractivity contribution in [3.8, 4) is 11.5 Å². The number of carboxylic acid groups (broad SMARTS) is 1. The fraction of sp³-hybridized carbons (Fsp3) is 0.290. The van der Waals surface area contributed by atoms with Crippen LogP contribution in [0.4, 0.5) is 15.8 Å². The average Bonchev–Trinajstić information content (AvgIpc) is 3.36. The van der Waals surface area contributed by atoms with Gasteiger partial charge in [0.15, 0.2) is 11.9 Å². The van der Waals surface area contributed by atoms with Crippen LogP contribution in [0.2, 0.25) is 0 Å². The van der Waals surface area contributed by atoms with Gasteiger partial charge in [-0.3, -0.25) is 9.69 Å². The van der Waals surface area contributed by atoms with Gasteiger partial charge in [-0.2, -0.15) is 0 Å². The number of anilines is 2. The number of aryl methyl sites for hydroxylation is 1. The molecule has 214 valence electrons. The molecule has 2 aliphatic heterocycles. The molecular weight excluding hydrogens is 527 g/mol. The molecule has 1 unspecified atom stereocenters. The number of piperazine rings is 1. The number of carbonyl (C=O) groups excluding carboxylic acids is 1. The van der Waals surface area contributed by atoms with E-state index in [1.807, 2.05) is 18.3 Å². The summed E-state index contributed by atoms with van der Waals surface area (Å²) >= 11 is 0. The van der Waals surface area contributed by atoms with Gasteiger partial charge in [-0.1, -0.05) is 18.2 Å². The summed E-state index contributed by atoms with van der Waals surface area (Å²) in [6, 6.07) is 16.6. The third-order valence-electron chi connectivity index (χ3n) is 7.41. The molecule has 2 aliphatic rings. The van der Waals surface area contributed by atoms with E-state index in [2.05, 4.69) is 26.2 Å². The molecule has 4 aromatic rings. The Bertz CT molecular complexity index is 1550. The average molecular weight is 561 g/mol. The fourth-order valence-electron chi connectivity index (χ4n) is 5.18. The summed E-state index contributed by atoms with van der Waals surface area (Å²) in [7, 11) is 0. The number of para-hydroxylation sites is 2. The van der Waals surface area contributed by atoms with E-state index >= 15 is 0 Å². The van der Waals surface area contributed by atoms with Crippen LogP contribution in [0, 0.1) is 5.82 Å². The molecule has 1 saturated heterocycles. The Kier molecular flexibility index (Phi) is 8.39. The van der Waals surface area contributed by atoms with Gasteiger partial charge in [-0.15, -0.1) is 0 Å². The monoisotopic (exact) mass is 560 g/mol. The minimum absolute atomic E-state index is 0.0671. The number of ether oxygens (including phenoxy) is 1. The molecule has 3 aromatic carbocycles. The Balaban J connectivity index is 0.000000287. The molecule has 0 aliphatic carbocycles. The zero-order valence-electron chi connectivity index (χ0n) is 22.8. The van der Waals surface area contributed by atoms with E-state index in [1.165, 1.54) is 23.8 Å². The third-order valence-corrected chi connectivity index (χ3v) is 7.41. The first-order valence-electron chi connectivity index (χ1n) is 13.6. The zero-order chi connectivity index (χ0) is 28.9. The van der Waals surface area contributed by atoms with Crippen molar-refractivity contribution < 1.29 is 28.9 Å². The molecule has 4 N–H and O–H groups in total. The molecular formula is C31H33FN4O5. The molecule has 0 bridgehead atoms. The number of nitrogens with one attached hydrogen (secondary N) is 2. The number of aromatic nitrogens is 1. The lowest BCUT2D eigenvalue weighted by molar-refractivity contribution is -0.122. The number of hydrogen-bond acceptors (Lipinski definition) is 6. The number of halogens is 1. The van der Waals surface area contributed by atoms with Crippen molar-refractivity contribution in [2.75, 3.05) is 42.9 Å². The van der Waals surface area contributed by atoms with Crippen molar-refractivity contribution in [2.45, 2.75) is 25.9 Å². The standard InChI is InChI=1S/C24H27FN4O2.C7H6O3/c1-16-24(30)27-21-5-2-6-22(23(21)31-16)29-12-10-28(11-13-29)9-3-4-17-15-26-20-8-7-18(25)14-19(17)20;8-6-4-2-1-3-5(6)7(9)10/h2,5-8,14-16,26H,3-4,9-13H2,1H3,(H,27,30);1-4,8H,(H,9,10). The number of aromatic hydroxyl groups is 1. The molecule has 0 radical (unpaired) electrons. The summed E-state index contributed by atoms with van der Waals surface area (Å²) in [6.45, 7) is 6.59. The van der Waals surface area contributed by atoms with Crippen LogP contribution in [0.15, 0.2) is 66.9 Å². The molecule has 1 fully saturated rings. The number of H-pyrrole nitrogens is 1. The summed E-state index contributed by atoms with van der Waals surface area (Å²) < 4.78 is 19.5. The van der Waals surface area contributed by atoms with Crippen molar-refractivity contribution in [2.24, 2.45) is 0 Å². The maximum atomic E-state index is 13.6. The van der Waals surface area contributed by atoms with Gasteiger partial charge < -0.3 is 30.2 Å². The van der Waals surface area contributed by atoms with Crippen LogP contribution < -0.4 is 15.0 Å². The highest BCUT2D eigenvalue weighted by molar-refractivity contribution is 5.99. The van der Waals surface area contributed by atoms with Gasteiger partial charge in [-0.25, -0.2) is 9.18 Å². The van der Waals surface area contributed by atoms with Gasteiger partial charge in [0, 0.05) is 43.3 Å². The molecule has 1 aromatic heterocycles. The van der Waals surface area contributed by atoms with E-state index in [9.17, 15) is 14.0 Å². The number of phenols is 1. The molecule has 3 heterocycles. The number of aromatic carboxylic acids is 1. The van der Waals surface area contributed by atoms with Crippen molar-refractivity contribution in [3.05, 3.63) is 83.8 Å². The summed E-state index contributed by atoms with van der Waals surface area (Å²) in [5, 5.41) is 21.2. The van der Waals surface area contributed by atoms with E-state index in [1.54, 1.807) is 31.2 Å². The Morgan fingerprint density at radius 3 is 2.59 bits per heavy atom. The summed E-state index contributed by atoms with van der Waals surface area (Å²) in [5.41, 5.74) is 3.90. The van der Waals surface area contributed by atoms with Gasteiger partial charge in [0.25, 0.3) is 5.91 Å². The van der Waals surface area contributed by atoms with Gasteiger partial charge in [0.1, 0.15) is 17.1 Å². The number of amides is 1. The fourth-order valence-corrected chi connectivity index (χ4v) is 5.18. The lowest BCUT2D eigenvalue weighted by Gasteiger charge is -2.38. The van der Waals surface area contributed by atoms with Crippen LogP contribution in [0.3, 0.4) is 0 Å². The maximum Gasteiger partial charge on any atom is 0.339 e. The van der Waals surface area contributed by atoms with Gasteiger partial charge in [0.2, 0.25) is 0 Å². The number of carboxylic acids is 1. The quantitative estimate of drug-likeness (QED) is 0.266.